The van der Waals surface area contributed by atoms with Gasteiger partial charge in [0.15, 0.2) is 0 Å². The lowest BCUT2D eigenvalue weighted by atomic mass is 10.1. The number of hydrogen-bond donors (Lipinski definition) is 1. The second kappa shape index (κ2) is 4.44. The Kier molecular flexibility index (Phi) is 3.01. The van der Waals surface area contributed by atoms with Gasteiger partial charge < -0.3 is 9.52 Å². The molecule has 1 atom stereocenters. The van der Waals surface area contributed by atoms with Crippen LogP contribution in [0.4, 0.5) is 0 Å². The van der Waals surface area contributed by atoms with Crippen molar-refractivity contribution >= 4 is 11.3 Å². The van der Waals surface area contributed by atoms with Crippen molar-refractivity contribution in [1.82, 2.24) is 0 Å². The minimum Gasteiger partial charge on any atom is -0.472 e. The number of thiophene rings is 1. The molecule has 1 N–H and O–H groups in total. The Morgan fingerprint density at radius 2 is 2.36 bits per heavy atom. The fourth-order valence-electron chi connectivity index (χ4n) is 1.37. The summed E-state index contributed by atoms with van der Waals surface area (Å²) in [6.45, 7) is 0. The summed E-state index contributed by atoms with van der Waals surface area (Å²) >= 11 is 1.73. The highest BCUT2D eigenvalue weighted by Gasteiger charge is 2.08. The third kappa shape index (κ3) is 2.25. The molecule has 0 spiro atoms. The fraction of sp³-hybridized carbons (Fsp3) is 0.273. The molecule has 0 aliphatic rings. The monoisotopic (exact) mass is 208 g/mol. The quantitative estimate of drug-likeness (QED) is 0.837. The van der Waals surface area contributed by atoms with Gasteiger partial charge in [-0.05, 0) is 30.4 Å². The Morgan fingerprint density at radius 1 is 1.43 bits per heavy atom. The van der Waals surface area contributed by atoms with Crippen molar-refractivity contribution in [1.29, 1.82) is 0 Å². The molecule has 2 aromatic rings. The van der Waals surface area contributed by atoms with Crippen molar-refractivity contribution in [2.75, 3.05) is 0 Å². The second-order valence-electron chi connectivity index (χ2n) is 3.19. The first-order valence-electron chi connectivity index (χ1n) is 4.59. The van der Waals surface area contributed by atoms with Gasteiger partial charge in [0, 0.05) is 10.4 Å². The maximum Gasteiger partial charge on any atom is 0.0960 e. The van der Waals surface area contributed by atoms with Gasteiger partial charge in [0.2, 0.25) is 0 Å². The molecule has 0 fully saturated rings. The van der Waals surface area contributed by atoms with Crippen LogP contribution in [0.5, 0.6) is 0 Å². The maximum atomic E-state index is 9.75. The standard InChI is InChI=1S/C11H12O2S/c12-11(9-5-6-13-8-9)4-3-10-2-1-7-14-10/h1-2,5-8,11-12H,3-4H2. The molecular weight excluding hydrogens is 196 g/mol. The van der Waals surface area contributed by atoms with E-state index >= 15 is 0 Å². The molecule has 0 aliphatic heterocycles. The predicted octanol–water partition coefficient (Wildman–Crippen LogP) is 3.01. The largest absolute Gasteiger partial charge is 0.472 e. The fourth-order valence-corrected chi connectivity index (χ4v) is 2.09. The van der Waals surface area contributed by atoms with Crippen molar-refractivity contribution < 1.29 is 9.52 Å². The Hall–Kier alpha value is -1.06. The zero-order valence-corrected chi connectivity index (χ0v) is 8.54. The van der Waals surface area contributed by atoms with E-state index in [2.05, 4.69) is 11.4 Å². The predicted molar refractivity (Wildman–Crippen MR) is 56.3 cm³/mol. The van der Waals surface area contributed by atoms with Gasteiger partial charge in [0.25, 0.3) is 0 Å². The minimum atomic E-state index is -0.407. The highest BCUT2D eigenvalue weighted by atomic mass is 32.1. The average Bonchev–Trinajstić information content (AvgIpc) is 2.87. The third-order valence-electron chi connectivity index (χ3n) is 2.17. The van der Waals surface area contributed by atoms with Crippen LogP contribution >= 0.6 is 11.3 Å². The molecule has 0 saturated carbocycles. The molecule has 0 saturated heterocycles. The van der Waals surface area contributed by atoms with Crippen LogP contribution in [0.1, 0.15) is 23.0 Å². The molecule has 0 aromatic carbocycles. The average molecular weight is 208 g/mol. The molecule has 2 heterocycles. The molecule has 0 amide bonds. The van der Waals surface area contributed by atoms with Crippen LogP contribution in [0.3, 0.4) is 0 Å². The zero-order valence-electron chi connectivity index (χ0n) is 7.72. The number of aliphatic hydroxyl groups excluding tert-OH is 1. The normalized spacial score (nSPS) is 12.9. The van der Waals surface area contributed by atoms with Gasteiger partial charge in [-0.3, -0.25) is 0 Å². The number of aryl methyl sites for hydroxylation is 1. The lowest BCUT2D eigenvalue weighted by Crippen LogP contribution is -1.96. The van der Waals surface area contributed by atoms with E-state index in [1.165, 1.54) is 4.88 Å². The van der Waals surface area contributed by atoms with E-state index in [1.807, 2.05) is 6.07 Å². The van der Waals surface area contributed by atoms with E-state index in [1.54, 1.807) is 29.9 Å². The first-order valence-corrected chi connectivity index (χ1v) is 5.47. The summed E-state index contributed by atoms with van der Waals surface area (Å²) in [6.07, 6.45) is 4.45. The number of aliphatic hydroxyl groups is 1. The van der Waals surface area contributed by atoms with E-state index in [-0.39, 0.29) is 0 Å². The summed E-state index contributed by atoms with van der Waals surface area (Å²) in [4.78, 5) is 1.31. The summed E-state index contributed by atoms with van der Waals surface area (Å²) < 4.78 is 4.92. The molecule has 0 radical (unpaired) electrons. The van der Waals surface area contributed by atoms with Crippen LogP contribution in [0, 0.1) is 0 Å². The van der Waals surface area contributed by atoms with Crippen molar-refractivity contribution in [3.05, 3.63) is 46.5 Å². The first kappa shape index (κ1) is 9.49. The highest BCUT2D eigenvalue weighted by molar-refractivity contribution is 7.09. The zero-order chi connectivity index (χ0) is 9.80. The molecule has 0 aliphatic carbocycles. The number of furan rings is 1. The van der Waals surface area contributed by atoms with Gasteiger partial charge in [-0.25, -0.2) is 0 Å². The molecule has 0 bridgehead atoms. The summed E-state index contributed by atoms with van der Waals surface area (Å²) in [6, 6.07) is 5.93. The Morgan fingerprint density at radius 3 is 3.00 bits per heavy atom. The molecule has 74 valence electrons. The van der Waals surface area contributed by atoms with Gasteiger partial charge in [-0.1, -0.05) is 6.07 Å². The summed E-state index contributed by atoms with van der Waals surface area (Å²) in [7, 11) is 0. The number of rotatable bonds is 4. The van der Waals surface area contributed by atoms with E-state index in [0.717, 1.165) is 18.4 Å². The third-order valence-corrected chi connectivity index (χ3v) is 3.11. The summed E-state index contributed by atoms with van der Waals surface area (Å²) in [5, 5.41) is 11.8. The van der Waals surface area contributed by atoms with Gasteiger partial charge in [-0.2, -0.15) is 0 Å². The molecule has 14 heavy (non-hydrogen) atoms. The molecule has 2 nitrogen and oxygen atoms in total. The van der Waals surface area contributed by atoms with E-state index < -0.39 is 6.10 Å². The Bertz CT molecular complexity index is 351. The maximum absolute atomic E-state index is 9.75. The van der Waals surface area contributed by atoms with Crippen LogP contribution in [-0.4, -0.2) is 5.11 Å². The smallest absolute Gasteiger partial charge is 0.0960 e. The highest BCUT2D eigenvalue weighted by Crippen LogP contribution is 2.20. The minimum absolute atomic E-state index is 0.407. The van der Waals surface area contributed by atoms with Crippen LogP contribution < -0.4 is 0 Å². The lowest BCUT2D eigenvalue weighted by Gasteiger charge is -2.06. The van der Waals surface area contributed by atoms with Crippen LogP contribution in [0.25, 0.3) is 0 Å². The van der Waals surface area contributed by atoms with Crippen LogP contribution in [0.15, 0.2) is 40.5 Å². The van der Waals surface area contributed by atoms with E-state index in [9.17, 15) is 5.11 Å². The van der Waals surface area contributed by atoms with Crippen molar-refractivity contribution in [3.63, 3.8) is 0 Å². The van der Waals surface area contributed by atoms with Crippen molar-refractivity contribution in [3.8, 4) is 0 Å². The summed E-state index contributed by atoms with van der Waals surface area (Å²) in [5.41, 5.74) is 0.863. The van der Waals surface area contributed by atoms with Gasteiger partial charge in [-0.15, -0.1) is 11.3 Å². The topological polar surface area (TPSA) is 33.4 Å². The lowest BCUT2D eigenvalue weighted by molar-refractivity contribution is 0.167. The first-order chi connectivity index (χ1) is 6.86. The molecule has 3 heteroatoms. The van der Waals surface area contributed by atoms with Gasteiger partial charge in [0.05, 0.1) is 18.6 Å². The van der Waals surface area contributed by atoms with Crippen LogP contribution in [0.2, 0.25) is 0 Å². The van der Waals surface area contributed by atoms with Crippen molar-refractivity contribution in [2.24, 2.45) is 0 Å². The second-order valence-corrected chi connectivity index (χ2v) is 4.22. The van der Waals surface area contributed by atoms with E-state index in [0.29, 0.717) is 0 Å². The molecule has 2 rings (SSSR count). The molecule has 1 unspecified atom stereocenters. The Balaban J connectivity index is 1.87. The van der Waals surface area contributed by atoms with Crippen molar-refractivity contribution in [2.45, 2.75) is 18.9 Å². The van der Waals surface area contributed by atoms with Gasteiger partial charge >= 0.3 is 0 Å². The molecular formula is C11H12O2S. The van der Waals surface area contributed by atoms with Crippen LogP contribution in [-0.2, 0) is 6.42 Å². The number of hydrogen-bond acceptors (Lipinski definition) is 3. The van der Waals surface area contributed by atoms with Gasteiger partial charge in [0.1, 0.15) is 0 Å². The Labute approximate surface area is 86.8 Å². The molecule has 2 aromatic heterocycles. The SMILES string of the molecule is OC(CCc1cccs1)c1ccoc1. The van der Waals surface area contributed by atoms with E-state index in [4.69, 9.17) is 4.42 Å². The summed E-state index contributed by atoms with van der Waals surface area (Å²) in [5.74, 6) is 0.